The third-order valence-electron chi connectivity index (χ3n) is 2.80. The molecule has 0 spiro atoms. The van der Waals surface area contributed by atoms with Gasteiger partial charge in [-0.1, -0.05) is 30.3 Å². The van der Waals surface area contributed by atoms with E-state index in [1.165, 1.54) is 5.56 Å². The predicted molar refractivity (Wildman–Crippen MR) is 72.1 cm³/mol. The molecule has 0 unspecified atom stereocenters. The van der Waals surface area contributed by atoms with Crippen molar-refractivity contribution < 1.29 is 0 Å². The Morgan fingerprint density at radius 3 is 2.71 bits per heavy atom. The van der Waals surface area contributed by atoms with Crippen LogP contribution in [0.3, 0.4) is 0 Å². The first kappa shape index (κ1) is 10.5. The summed E-state index contributed by atoms with van der Waals surface area (Å²) in [6, 6.07) is 14.4. The van der Waals surface area contributed by atoms with E-state index in [1.54, 1.807) is 0 Å². The summed E-state index contributed by atoms with van der Waals surface area (Å²) in [5, 5.41) is 0. The van der Waals surface area contributed by atoms with E-state index in [2.05, 4.69) is 49.6 Å². The summed E-state index contributed by atoms with van der Waals surface area (Å²) >= 11 is 3.53. The first-order chi connectivity index (χ1) is 8.34. The summed E-state index contributed by atoms with van der Waals surface area (Å²) < 4.78 is 3.20. The Morgan fingerprint density at radius 2 is 1.88 bits per heavy atom. The maximum atomic E-state index is 4.48. The number of fused-ring (bicyclic) bond motifs is 1. The molecule has 0 atom stereocenters. The van der Waals surface area contributed by atoms with Crippen molar-refractivity contribution in [3.63, 3.8) is 0 Å². The van der Waals surface area contributed by atoms with Crippen LogP contribution in [0.25, 0.3) is 5.52 Å². The maximum absolute atomic E-state index is 4.48. The van der Waals surface area contributed by atoms with Crippen LogP contribution in [0.2, 0.25) is 0 Å². The Morgan fingerprint density at radius 1 is 1.06 bits per heavy atom. The van der Waals surface area contributed by atoms with Crippen LogP contribution in [0.4, 0.5) is 0 Å². The van der Waals surface area contributed by atoms with Crippen molar-refractivity contribution in [1.82, 2.24) is 9.38 Å². The number of imidazole rings is 1. The van der Waals surface area contributed by atoms with Gasteiger partial charge in [0.15, 0.2) is 0 Å². The van der Waals surface area contributed by atoms with Crippen molar-refractivity contribution in [2.24, 2.45) is 0 Å². The molecular formula is C14H11BrN2. The molecule has 0 aliphatic rings. The minimum absolute atomic E-state index is 0.853. The highest BCUT2D eigenvalue weighted by Crippen LogP contribution is 2.19. The molecule has 0 saturated carbocycles. The Bertz CT molecular complexity index is 644. The van der Waals surface area contributed by atoms with Gasteiger partial charge in [-0.25, -0.2) is 4.98 Å². The van der Waals surface area contributed by atoms with Gasteiger partial charge in [0.2, 0.25) is 0 Å². The third kappa shape index (κ3) is 1.98. The minimum Gasteiger partial charge on any atom is -0.302 e. The first-order valence-electron chi connectivity index (χ1n) is 5.49. The number of hydrogen-bond acceptors (Lipinski definition) is 1. The molecule has 0 radical (unpaired) electrons. The zero-order valence-electron chi connectivity index (χ0n) is 9.18. The Hall–Kier alpha value is -1.61. The molecule has 0 fully saturated rings. The van der Waals surface area contributed by atoms with E-state index < -0.39 is 0 Å². The van der Waals surface area contributed by atoms with Crippen molar-refractivity contribution in [1.29, 1.82) is 0 Å². The Labute approximate surface area is 108 Å². The molecule has 0 amide bonds. The molecular weight excluding hydrogens is 276 g/mol. The largest absolute Gasteiger partial charge is 0.302 e. The van der Waals surface area contributed by atoms with Crippen LogP contribution >= 0.6 is 15.9 Å². The molecule has 84 valence electrons. The van der Waals surface area contributed by atoms with Gasteiger partial charge < -0.3 is 4.40 Å². The van der Waals surface area contributed by atoms with Gasteiger partial charge >= 0.3 is 0 Å². The van der Waals surface area contributed by atoms with Crippen molar-refractivity contribution >= 4 is 21.4 Å². The van der Waals surface area contributed by atoms with Gasteiger partial charge in [0.25, 0.3) is 0 Å². The fourth-order valence-corrected chi connectivity index (χ4v) is 2.40. The zero-order valence-corrected chi connectivity index (χ0v) is 10.8. The standard InChI is InChI=1S/C14H11BrN2/c15-12-7-4-8-17-13(12)10-16-14(17)9-11-5-2-1-3-6-11/h1-8,10H,9H2. The van der Waals surface area contributed by atoms with Crippen LogP contribution in [0, 0.1) is 0 Å². The number of benzene rings is 1. The lowest BCUT2D eigenvalue weighted by Gasteiger charge is -2.02. The highest BCUT2D eigenvalue weighted by Gasteiger charge is 2.05. The molecule has 1 aromatic carbocycles. The molecule has 0 aliphatic heterocycles. The summed E-state index contributed by atoms with van der Waals surface area (Å²) in [7, 11) is 0. The molecule has 0 N–H and O–H groups in total. The van der Waals surface area contributed by atoms with Crippen LogP contribution in [-0.2, 0) is 6.42 Å². The topological polar surface area (TPSA) is 17.3 Å². The molecule has 3 aromatic rings. The quantitative estimate of drug-likeness (QED) is 0.702. The molecule has 2 aromatic heterocycles. The molecule has 3 rings (SSSR count). The SMILES string of the molecule is Brc1cccn2c(Cc3ccccc3)ncc12. The second-order valence-corrected chi connectivity index (χ2v) is 4.80. The van der Waals surface area contributed by atoms with Crippen molar-refractivity contribution in [2.45, 2.75) is 6.42 Å². The fourth-order valence-electron chi connectivity index (χ4n) is 1.95. The highest BCUT2D eigenvalue weighted by molar-refractivity contribution is 9.10. The number of nitrogens with zero attached hydrogens (tertiary/aromatic N) is 2. The highest BCUT2D eigenvalue weighted by atomic mass is 79.9. The Kier molecular flexibility index (Phi) is 2.69. The minimum atomic E-state index is 0.853. The molecule has 2 heterocycles. The second-order valence-electron chi connectivity index (χ2n) is 3.95. The van der Waals surface area contributed by atoms with Crippen molar-refractivity contribution in [3.8, 4) is 0 Å². The van der Waals surface area contributed by atoms with Crippen LogP contribution < -0.4 is 0 Å². The fraction of sp³-hybridized carbons (Fsp3) is 0.0714. The third-order valence-corrected chi connectivity index (χ3v) is 3.47. The van der Waals surface area contributed by atoms with E-state index in [-0.39, 0.29) is 0 Å². The molecule has 0 saturated heterocycles. The van der Waals surface area contributed by atoms with Gasteiger partial charge in [-0.15, -0.1) is 0 Å². The van der Waals surface area contributed by atoms with Gasteiger partial charge in [-0.3, -0.25) is 0 Å². The summed E-state index contributed by atoms with van der Waals surface area (Å²) in [5.41, 5.74) is 2.39. The van der Waals surface area contributed by atoms with E-state index >= 15 is 0 Å². The molecule has 0 aliphatic carbocycles. The number of rotatable bonds is 2. The van der Waals surface area contributed by atoms with Gasteiger partial charge in [0.1, 0.15) is 5.82 Å². The van der Waals surface area contributed by atoms with Crippen LogP contribution in [0.5, 0.6) is 0 Å². The number of halogens is 1. The van der Waals surface area contributed by atoms with Crippen LogP contribution in [0.15, 0.2) is 59.3 Å². The van der Waals surface area contributed by atoms with E-state index in [4.69, 9.17) is 0 Å². The maximum Gasteiger partial charge on any atom is 0.117 e. The normalized spacial score (nSPS) is 10.9. The van der Waals surface area contributed by atoms with E-state index in [0.29, 0.717) is 0 Å². The Balaban J connectivity index is 2.05. The van der Waals surface area contributed by atoms with E-state index in [9.17, 15) is 0 Å². The zero-order chi connectivity index (χ0) is 11.7. The van der Waals surface area contributed by atoms with Gasteiger partial charge in [-0.2, -0.15) is 0 Å². The number of aromatic nitrogens is 2. The summed E-state index contributed by atoms with van der Waals surface area (Å²) in [6.45, 7) is 0. The second kappa shape index (κ2) is 4.34. The lowest BCUT2D eigenvalue weighted by atomic mass is 10.1. The molecule has 2 nitrogen and oxygen atoms in total. The number of hydrogen-bond donors (Lipinski definition) is 0. The summed E-state index contributed by atoms with van der Waals surface area (Å²) in [6.07, 6.45) is 4.80. The summed E-state index contributed by atoms with van der Waals surface area (Å²) in [4.78, 5) is 4.48. The van der Waals surface area contributed by atoms with Crippen molar-refractivity contribution in [3.05, 3.63) is 70.7 Å². The van der Waals surface area contributed by atoms with E-state index in [0.717, 1.165) is 22.2 Å². The van der Waals surface area contributed by atoms with Gasteiger partial charge in [0.05, 0.1) is 11.7 Å². The molecule has 0 bridgehead atoms. The lowest BCUT2D eigenvalue weighted by molar-refractivity contribution is 0.960. The molecule has 17 heavy (non-hydrogen) atoms. The monoisotopic (exact) mass is 286 g/mol. The number of pyridine rings is 1. The van der Waals surface area contributed by atoms with Crippen LogP contribution in [-0.4, -0.2) is 9.38 Å². The first-order valence-corrected chi connectivity index (χ1v) is 6.28. The van der Waals surface area contributed by atoms with Crippen molar-refractivity contribution in [2.75, 3.05) is 0 Å². The lowest BCUT2D eigenvalue weighted by Crippen LogP contribution is -1.95. The average molecular weight is 287 g/mol. The molecule has 3 heteroatoms. The van der Waals surface area contributed by atoms with Gasteiger partial charge in [0, 0.05) is 17.1 Å². The average Bonchev–Trinajstić information content (AvgIpc) is 2.76. The van der Waals surface area contributed by atoms with Gasteiger partial charge in [-0.05, 0) is 33.6 Å². The van der Waals surface area contributed by atoms with E-state index in [1.807, 2.05) is 30.6 Å². The predicted octanol–water partition coefficient (Wildman–Crippen LogP) is 3.69. The van der Waals surface area contributed by atoms with Crippen LogP contribution in [0.1, 0.15) is 11.4 Å². The smallest absolute Gasteiger partial charge is 0.117 e. The summed E-state index contributed by atoms with van der Waals surface area (Å²) in [5.74, 6) is 1.06.